The van der Waals surface area contributed by atoms with Crippen LogP contribution < -0.4 is 0 Å². The van der Waals surface area contributed by atoms with Crippen LogP contribution in [0.4, 0.5) is 0 Å². The van der Waals surface area contributed by atoms with Crippen LogP contribution in [0.15, 0.2) is 18.2 Å². The third-order valence-corrected chi connectivity index (χ3v) is 1.91. The number of phenols is 1. The van der Waals surface area contributed by atoms with Crippen LogP contribution in [0.1, 0.15) is 15.9 Å². The van der Waals surface area contributed by atoms with Gasteiger partial charge < -0.3 is 14.9 Å². The van der Waals surface area contributed by atoms with Crippen LogP contribution in [-0.2, 0) is 11.2 Å². The minimum Gasteiger partial charge on any atom is -0.507 e. The fraction of sp³-hybridized carbons (Fsp3) is 0.300. The summed E-state index contributed by atoms with van der Waals surface area (Å²) in [5.41, 5.74) is 0.661. The molecule has 0 aliphatic carbocycles. The van der Waals surface area contributed by atoms with E-state index in [1.807, 2.05) is 0 Å². The molecule has 0 heterocycles. The van der Waals surface area contributed by atoms with E-state index in [2.05, 4.69) is 4.74 Å². The summed E-state index contributed by atoms with van der Waals surface area (Å²) in [6.07, 6.45) is 0.316. The van der Waals surface area contributed by atoms with Crippen LogP contribution in [-0.4, -0.2) is 29.9 Å². The molecule has 1 aromatic rings. The Bertz CT molecular complexity index is 333. The molecular formula is C10H12O4. The van der Waals surface area contributed by atoms with E-state index in [4.69, 9.17) is 5.11 Å². The van der Waals surface area contributed by atoms with Crippen molar-refractivity contribution in [2.24, 2.45) is 0 Å². The highest BCUT2D eigenvalue weighted by Gasteiger charge is 2.13. The van der Waals surface area contributed by atoms with Crippen LogP contribution in [0.2, 0.25) is 0 Å². The van der Waals surface area contributed by atoms with Gasteiger partial charge in [0, 0.05) is 6.61 Å². The lowest BCUT2D eigenvalue weighted by molar-refractivity contribution is 0.0597. The molecule has 0 saturated carbocycles. The molecule has 1 aromatic carbocycles. The van der Waals surface area contributed by atoms with Crippen molar-refractivity contribution in [2.75, 3.05) is 13.7 Å². The van der Waals surface area contributed by atoms with Crippen molar-refractivity contribution in [2.45, 2.75) is 6.42 Å². The Kier molecular flexibility index (Phi) is 3.48. The third-order valence-electron chi connectivity index (χ3n) is 1.91. The third kappa shape index (κ3) is 2.03. The largest absolute Gasteiger partial charge is 0.507 e. The van der Waals surface area contributed by atoms with Crippen molar-refractivity contribution in [3.05, 3.63) is 29.3 Å². The normalized spacial score (nSPS) is 9.86. The van der Waals surface area contributed by atoms with Gasteiger partial charge in [0.2, 0.25) is 0 Å². The highest BCUT2D eigenvalue weighted by atomic mass is 16.5. The second-order valence-electron chi connectivity index (χ2n) is 2.78. The zero-order chi connectivity index (χ0) is 10.6. The van der Waals surface area contributed by atoms with E-state index in [0.29, 0.717) is 12.0 Å². The van der Waals surface area contributed by atoms with Gasteiger partial charge in [0.1, 0.15) is 11.3 Å². The summed E-state index contributed by atoms with van der Waals surface area (Å²) in [6, 6.07) is 4.76. The number of aromatic hydroxyl groups is 1. The summed E-state index contributed by atoms with van der Waals surface area (Å²) in [6.45, 7) is -0.0712. The maximum Gasteiger partial charge on any atom is 0.341 e. The first-order valence-electron chi connectivity index (χ1n) is 4.20. The van der Waals surface area contributed by atoms with E-state index >= 15 is 0 Å². The number of methoxy groups -OCH3 is 1. The van der Waals surface area contributed by atoms with E-state index in [1.54, 1.807) is 12.1 Å². The van der Waals surface area contributed by atoms with Crippen LogP contribution >= 0.6 is 0 Å². The molecule has 0 fully saturated rings. The standard InChI is InChI=1S/C10H12O4/c1-14-10(13)8-4-2-3-7(5-6-11)9(8)12/h2-4,11-12H,5-6H2,1H3. The zero-order valence-electron chi connectivity index (χ0n) is 7.86. The van der Waals surface area contributed by atoms with Gasteiger partial charge in [-0.25, -0.2) is 4.79 Å². The monoisotopic (exact) mass is 196 g/mol. The molecule has 0 amide bonds. The Morgan fingerprint density at radius 2 is 2.21 bits per heavy atom. The minimum atomic E-state index is -0.581. The van der Waals surface area contributed by atoms with Crippen LogP contribution in [0.5, 0.6) is 5.75 Å². The molecule has 4 heteroatoms. The maximum atomic E-state index is 11.1. The summed E-state index contributed by atoms with van der Waals surface area (Å²) < 4.78 is 4.49. The van der Waals surface area contributed by atoms with Crippen LogP contribution in [0.25, 0.3) is 0 Å². The molecule has 76 valence electrons. The van der Waals surface area contributed by atoms with Gasteiger partial charge in [-0.1, -0.05) is 12.1 Å². The summed E-state index contributed by atoms with van der Waals surface area (Å²) in [7, 11) is 1.25. The molecule has 4 nitrogen and oxygen atoms in total. The Balaban J connectivity index is 3.07. The number of phenolic OH excluding ortho intramolecular Hbond substituents is 1. The lowest BCUT2D eigenvalue weighted by atomic mass is 10.1. The first-order chi connectivity index (χ1) is 6.70. The lowest BCUT2D eigenvalue weighted by Gasteiger charge is -2.06. The molecule has 0 aromatic heterocycles. The summed E-state index contributed by atoms with van der Waals surface area (Å²) in [4.78, 5) is 11.1. The highest BCUT2D eigenvalue weighted by Crippen LogP contribution is 2.23. The molecule has 0 saturated heterocycles. The molecule has 0 aliphatic heterocycles. The van der Waals surface area contributed by atoms with Gasteiger partial charge in [0.15, 0.2) is 0 Å². The molecule has 2 N–H and O–H groups in total. The van der Waals surface area contributed by atoms with Gasteiger partial charge in [-0.2, -0.15) is 0 Å². The quantitative estimate of drug-likeness (QED) is 0.699. The second kappa shape index (κ2) is 4.62. The Labute approximate surface area is 81.8 Å². The van der Waals surface area contributed by atoms with Gasteiger partial charge in [-0.05, 0) is 18.1 Å². The van der Waals surface area contributed by atoms with Crippen molar-refractivity contribution in [3.8, 4) is 5.75 Å². The smallest absolute Gasteiger partial charge is 0.341 e. The topological polar surface area (TPSA) is 66.8 Å². The number of esters is 1. The number of carbonyl (C=O) groups is 1. The van der Waals surface area contributed by atoms with Crippen molar-refractivity contribution in [1.29, 1.82) is 0 Å². The highest BCUT2D eigenvalue weighted by molar-refractivity contribution is 5.92. The number of aliphatic hydroxyl groups is 1. The minimum absolute atomic E-state index is 0.0712. The summed E-state index contributed by atoms with van der Waals surface area (Å²) in [5, 5.41) is 18.3. The van der Waals surface area contributed by atoms with E-state index < -0.39 is 5.97 Å². The predicted molar refractivity (Wildman–Crippen MR) is 50.2 cm³/mol. The van der Waals surface area contributed by atoms with Gasteiger partial charge in [-0.15, -0.1) is 0 Å². The average Bonchev–Trinajstić information content (AvgIpc) is 2.20. The van der Waals surface area contributed by atoms with Crippen LogP contribution in [0, 0.1) is 0 Å². The molecule has 0 unspecified atom stereocenters. The maximum absolute atomic E-state index is 11.1. The first-order valence-corrected chi connectivity index (χ1v) is 4.20. The number of carbonyl (C=O) groups excluding carboxylic acids is 1. The van der Waals surface area contributed by atoms with Gasteiger partial charge >= 0.3 is 5.97 Å². The number of benzene rings is 1. The number of rotatable bonds is 3. The molecule has 1 rings (SSSR count). The number of hydrogen-bond donors (Lipinski definition) is 2. The van der Waals surface area contributed by atoms with E-state index in [-0.39, 0.29) is 17.9 Å². The Morgan fingerprint density at radius 3 is 2.79 bits per heavy atom. The zero-order valence-corrected chi connectivity index (χ0v) is 7.86. The number of hydrogen-bond acceptors (Lipinski definition) is 4. The van der Waals surface area contributed by atoms with E-state index in [0.717, 1.165) is 0 Å². The number of para-hydroxylation sites is 1. The van der Waals surface area contributed by atoms with Gasteiger partial charge in [0.25, 0.3) is 0 Å². The van der Waals surface area contributed by atoms with E-state index in [9.17, 15) is 9.90 Å². The van der Waals surface area contributed by atoms with E-state index in [1.165, 1.54) is 13.2 Å². The Hall–Kier alpha value is -1.55. The molecule has 0 spiro atoms. The fourth-order valence-corrected chi connectivity index (χ4v) is 1.19. The summed E-state index contributed by atoms with van der Waals surface area (Å²) >= 11 is 0. The number of ether oxygens (including phenoxy) is 1. The van der Waals surface area contributed by atoms with Crippen molar-refractivity contribution >= 4 is 5.97 Å². The van der Waals surface area contributed by atoms with Gasteiger partial charge in [-0.3, -0.25) is 0 Å². The first kappa shape index (κ1) is 10.5. The fourth-order valence-electron chi connectivity index (χ4n) is 1.19. The van der Waals surface area contributed by atoms with Crippen molar-refractivity contribution < 1.29 is 19.7 Å². The predicted octanol–water partition coefficient (Wildman–Crippen LogP) is 0.714. The number of aliphatic hydroxyl groups excluding tert-OH is 1. The lowest BCUT2D eigenvalue weighted by Crippen LogP contribution is -2.03. The molecular weight excluding hydrogens is 184 g/mol. The van der Waals surface area contributed by atoms with Crippen LogP contribution in [0.3, 0.4) is 0 Å². The molecule has 0 radical (unpaired) electrons. The Morgan fingerprint density at radius 1 is 1.50 bits per heavy atom. The van der Waals surface area contributed by atoms with Crippen molar-refractivity contribution in [1.82, 2.24) is 0 Å². The average molecular weight is 196 g/mol. The molecule has 14 heavy (non-hydrogen) atoms. The van der Waals surface area contributed by atoms with Gasteiger partial charge in [0.05, 0.1) is 7.11 Å². The molecule has 0 bridgehead atoms. The molecule has 0 atom stereocenters. The second-order valence-corrected chi connectivity index (χ2v) is 2.78. The molecule has 0 aliphatic rings. The SMILES string of the molecule is COC(=O)c1cccc(CCO)c1O. The van der Waals surface area contributed by atoms with Crippen molar-refractivity contribution in [3.63, 3.8) is 0 Å². The summed E-state index contributed by atoms with van der Waals surface area (Å²) in [5.74, 6) is -0.698.